The van der Waals surface area contributed by atoms with Gasteiger partial charge in [-0.3, -0.25) is 20.2 Å². The molecule has 46 heavy (non-hydrogen) atoms. The van der Waals surface area contributed by atoms with Crippen LogP contribution in [0.15, 0.2) is 91.1 Å². The van der Waals surface area contributed by atoms with Crippen LogP contribution >= 0.6 is 0 Å². The first kappa shape index (κ1) is 29.1. The molecule has 0 spiro atoms. The van der Waals surface area contributed by atoms with Crippen molar-refractivity contribution in [2.45, 2.75) is 49.8 Å². The van der Waals surface area contributed by atoms with Crippen molar-refractivity contribution < 1.29 is 23.6 Å². The Morgan fingerprint density at radius 1 is 0.957 bits per heavy atom. The van der Waals surface area contributed by atoms with Crippen molar-refractivity contribution in [3.8, 4) is 11.3 Å². The zero-order valence-corrected chi connectivity index (χ0v) is 25.3. The van der Waals surface area contributed by atoms with E-state index in [1.165, 1.54) is 12.3 Å². The highest BCUT2D eigenvalue weighted by molar-refractivity contribution is 6.02. The van der Waals surface area contributed by atoms with E-state index in [1.54, 1.807) is 99.6 Å². The van der Waals surface area contributed by atoms with E-state index in [0.29, 0.717) is 44.3 Å². The Kier molecular flexibility index (Phi) is 6.48. The molecule has 4 aromatic carbocycles. The summed E-state index contributed by atoms with van der Waals surface area (Å²) < 4.78 is 20.1. The van der Waals surface area contributed by atoms with Crippen molar-refractivity contribution in [3.05, 3.63) is 129 Å². The maximum absolute atomic E-state index is 14.7. The molecular formula is C35H30FN5O5. The topological polar surface area (TPSA) is 139 Å². The summed E-state index contributed by atoms with van der Waals surface area (Å²) in [5.41, 5.74) is -1.34. The number of amides is 2. The number of ether oxygens (including phenoxy) is 1. The monoisotopic (exact) mass is 619 g/mol. The van der Waals surface area contributed by atoms with Crippen LogP contribution in [-0.4, -0.2) is 38.0 Å². The first-order valence-corrected chi connectivity index (χ1v) is 14.8. The molecule has 1 heterocycles. The summed E-state index contributed by atoms with van der Waals surface area (Å²) in [7, 11) is 0. The summed E-state index contributed by atoms with van der Waals surface area (Å²) in [6, 6.07) is 23.9. The zero-order valence-electron chi connectivity index (χ0n) is 25.3. The molecule has 2 amide bonds. The van der Waals surface area contributed by atoms with Gasteiger partial charge in [0.2, 0.25) is 5.95 Å². The lowest BCUT2D eigenvalue weighted by Gasteiger charge is -2.53. The molecule has 1 unspecified atom stereocenters. The second kappa shape index (κ2) is 10.2. The summed E-state index contributed by atoms with van der Waals surface area (Å²) in [4.78, 5) is 48.4. The third-order valence-electron chi connectivity index (χ3n) is 8.87. The fraction of sp³-hybridized carbons (Fsp3) is 0.229. The van der Waals surface area contributed by atoms with Gasteiger partial charge in [-0.1, -0.05) is 72.8 Å². The van der Waals surface area contributed by atoms with Gasteiger partial charge in [0.15, 0.2) is 0 Å². The summed E-state index contributed by atoms with van der Waals surface area (Å²) in [5, 5.41) is 19.9. The number of nitro groups is 1. The Bertz CT molecular complexity index is 2020. The van der Waals surface area contributed by atoms with Gasteiger partial charge < -0.3 is 15.0 Å². The number of halogens is 1. The quantitative estimate of drug-likeness (QED) is 0.149. The minimum absolute atomic E-state index is 0.0527. The molecule has 1 atom stereocenters. The van der Waals surface area contributed by atoms with Crippen LogP contribution in [0, 0.1) is 15.9 Å². The van der Waals surface area contributed by atoms with Crippen molar-refractivity contribution in [1.29, 1.82) is 0 Å². The fourth-order valence-electron chi connectivity index (χ4n) is 7.16. The summed E-state index contributed by atoms with van der Waals surface area (Å²) in [6.07, 6.45) is 0.258. The number of carbonyl (C=O) groups is 2. The number of imidazole rings is 1. The SMILES string of the molecule is CC(C)(C)OC(=O)NC1(C(=O)Nc2ncc(-c3ccc(F)c4ccccc34)[nH]2)CC2([N+](=O)[O-])c3ccccc3C1c1ccccc12. The van der Waals surface area contributed by atoms with Gasteiger partial charge in [-0.15, -0.1) is 0 Å². The molecule has 0 saturated heterocycles. The molecule has 3 aliphatic carbocycles. The van der Waals surface area contributed by atoms with E-state index in [4.69, 9.17) is 4.74 Å². The van der Waals surface area contributed by atoms with Crippen molar-refractivity contribution in [1.82, 2.24) is 15.3 Å². The van der Waals surface area contributed by atoms with Crippen LogP contribution < -0.4 is 10.6 Å². The molecule has 5 aromatic rings. The third kappa shape index (κ3) is 4.33. The molecule has 0 radical (unpaired) electrons. The molecule has 10 nitrogen and oxygen atoms in total. The van der Waals surface area contributed by atoms with Gasteiger partial charge in [0, 0.05) is 32.9 Å². The highest BCUT2D eigenvalue weighted by atomic mass is 19.1. The van der Waals surface area contributed by atoms with Crippen LogP contribution in [0.4, 0.5) is 15.1 Å². The van der Waals surface area contributed by atoms with Gasteiger partial charge >= 0.3 is 6.09 Å². The smallest absolute Gasteiger partial charge is 0.408 e. The standard InChI is InChI=1S/C35H30FN5O5/c1-33(2,3)46-32(43)40-34(19-35(41(44)45)25-14-8-6-12-23(25)29(34)24-13-7-9-15-26(24)35)30(42)39-31-37-18-28(38-31)22-16-17-27(36)21-11-5-4-10-20(21)22/h4-18,29H,19H2,1-3H3,(H,40,43)(H2,37,38,39,42). The molecule has 0 saturated carbocycles. The number of rotatable bonds is 5. The van der Waals surface area contributed by atoms with Gasteiger partial charge in [-0.2, -0.15) is 0 Å². The van der Waals surface area contributed by atoms with Gasteiger partial charge in [-0.25, -0.2) is 14.2 Å². The number of nitrogens with zero attached hydrogens (tertiary/aromatic N) is 2. The number of alkyl carbamates (subject to hydrolysis) is 1. The van der Waals surface area contributed by atoms with Crippen LogP contribution in [0.25, 0.3) is 22.0 Å². The Hall–Kier alpha value is -5.58. The fourth-order valence-corrected chi connectivity index (χ4v) is 7.16. The van der Waals surface area contributed by atoms with Gasteiger partial charge in [0.05, 0.1) is 18.3 Å². The van der Waals surface area contributed by atoms with E-state index < -0.39 is 34.6 Å². The molecule has 1 aromatic heterocycles. The normalized spacial score (nSPS) is 21.3. The number of hydrogen-bond acceptors (Lipinski definition) is 6. The number of aromatic amines is 1. The van der Waals surface area contributed by atoms with Gasteiger partial charge in [-0.05, 0) is 49.4 Å². The molecule has 0 aliphatic heterocycles. The Balaban J connectivity index is 1.35. The number of aromatic nitrogens is 2. The van der Waals surface area contributed by atoms with E-state index in [0.717, 1.165) is 0 Å². The number of hydrogen-bond donors (Lipinski definition) is 3. The lowest BCUT2D eigenvalue weighted by atomic mass is 9.52. The average Bonchev–Trinajstić information content (AvgIpc) is 3.48. The number of nitrogens with one attached hydrogen (secondary N) is 3. The number of carbonyl (C=O) groups excluding carboxylic acids is 2. The first-order valence-electron chi connectivity index (χ1n) is 14.8. The van der Waals surface area contributed by atoms with Crippen molar-refractivity contribution in [3.63, 3.8) is 0 Å². The van der Waals surface area contributed by atoms with Crippen LogP contribution in [0.1, 0.15) is 55.4 Å². The lowest BCUT2D eigenvalue weighted by molar-refractivity contribution is -0.571. The first-order chi connectivity index (χ1) is 21.9. The van der Waals surface area contributed by atoms with Crippen molar-refractivity contribution in [2.24, 2.45) is 0 Å². The molecule has 3 aliphatic rings. The molecule has 2 bridgehead atoms. The zero-order chi connectivity index (χ0) is 32.4. The molecule has 3 N–H and O–H groups in total. The van der Waals surface area contributed by atoms with E-state index in [2.05, 4.69) is 20.6 Å². The minimum Gasteiger partial charge on any atom is -0.444 e. The molecule has 232 valence electrons. The third-order valence-corrected chi connectivity index (χ3v) is 8.87. The number of benzene rings is 4. The average molecular weight is 620 g/mol. The van der Waals surface area contributed by atoms with Crippen molar-refractivity contribution in [2.75, 3.05) is 5.32 Å². The highest BCUT2D eigenvalue weighted by Gasteiger charge is 2.69. The van der Waals surface area contributed by atoms with Crippen LogP contribution in [0.2, 0.25) is 0 Å². The van der Waals surface area contributed by atoms with Crippen LogP contribution in [-0.2, 0) is 15.1 Å². The van der Waals surface area contributed by atoms with Gasteiger partial charge in [0.1, 0.15) is 17.0 Å². The molecule has 11 heteroatoms. The van der Waals surface area contributed by atoms with E-state index in [-0.39, 0.29) is 23.1 Å². The number of anilines is 1. The summed E-state index contributed by atoms with van der Waals surface area (Å²) in [6.45, 7) is 5.08. The van der Waals surface area contributed by atoms with E-state index in [9.17, 15) is 24.1 Å². The van der Waals surface area contributed by atoms with E-state index in [1.807, 2.05) is 0 Å². The van der Waals surface area contributed by atoms with Crippen LogP contribution in [0.5, 0.6) is 0 Å². The molecule has 0 fully saturated rings. The minimum atomic E-state index is -1.85. The second-order valence-electron chi connectivity index (χ2n) is 12.7. The number of H-pyrrole nitrogens is 1. The Morgan fingerprint density at radius 2 is 1.57 bits per heavy atom. The second-order valence-corrected chi connectivity index (χ2v) is 12.7. The summed E-state index contributed by atoms with van der Waals surface area (Å²) >= 11 is 0. The number of fused-ring (bicyclic) bond motifs is 2. The van der Waals surface area contributed by atoms with Gasteiger partial charge in [0.25, 0.3) is 11.4 Å². The molecular weight excluding hydrogens is 589 g/mol. The predicted octanol–water partition coefficient (Wildman–Crippen LogP) is 6.64. The largest absolute Gasteiger partial charge is 0.444 e. The lowest BCUT2D eigenvalue weighted by Crippen LogP contribution is -2.69. The highest BCUT2D eigenvalue weighted by Crippen LogP contribution is 2.60. The maximum atomic E-state index is 14.7. The van der Waals surface area contributed by atoms with Crippen molar-refractivity contribution >= 4 is 28.7 Å². The van der Waals surface area contributed by atoms with E-state index >= 15 is 0 Å². The Morgan fingerprint density at radius 3 is 2.20 bits per heavy atom. The van der Waals surface area contributed by atoms with Crippen LogP contribution in [0.3, 0.4) is 0 Å². The summed E-state index contributed by atoms with van der Waals surface area (Å²) in [5.74, 6) is -1.81. The Labute approximate surface area is 263 Å². The maximum Gasteiger partial charge on any atom is 0.408 e. The molecule has 8 rings (SSSR count). The predicted molar refractivity (Wildman–Crippen MR) is 169 cm³/mol.